The van der Waals surface area contributed by atoms with Crippen molar-refractivity contribution in [3.8, 4) is 30.3 Å². The van der Waals surface area contributed by atoms with Crippen molar-refractivity contribution in [1.82, 2.24) is 0 Å². The first-order valence-electron chi connectivity index (χ1n) is 4.43. The monoisotopic (exact) mass is 255 g/mol. The average Bonchev–Trinajstić information content (AvgIpc) is 2.71. The Bertz CT molecular complexity index is 693. The van der Waals surface area contributed by atoms with Crippen LogP contribution in [0.5, 0.6) is 0 Å². The number of hydrogen-bond donors (Lipinski definition) is 0. The average molecular weight is 255 g/mol. The molecule has 0 saturated heterocycles. The minimum absolute atomic E-state index is 0. The summed E-state index contributed by atoms with van der Waals surface area (Å²) in [6, 6.07) is 8.08. The number of rotatable bonds is 1. The Balaban J connectivity index is 0.00000324. The van der Waals surface area contributed by atoms with Crippen LogP contribution >= 0.6 is 0 Å². The molecule has 19 heavy (non-hydrogen) atoms. The summed E-state index contributed by atoms with van der Waals surface area (Å²) in [5.74, 6) is -1.84. The van der Waals surface area contributed by atoms with Crippen molar-refractivity contribution in [2.75, 3.05) is 0 Å². The molecular weight excluding hydrogens is 253 g/mol. The van der Waals surface area contributed by atoms with Gasteiger partial charge >= 0.3 is 29.6 Å². The van der Waals surface area contributed by atoms with E-state index in [0.717, 1.165) is 0 Å². The smallest absolute Gasteiger partial charge is 0.481 e. The molecule has 0 amide bonds. The second kappa shape index (κ2) is 6.97. The standard InChI is InChI=1S/C11H2N7.Na/c12-1-6(2-13)7(3-14)10-8(4-15)9(5-16)11(17)18-10;/h6H,(H-,17,18);/q-1;+1/b10-7-;. The third kappa shape index (κ3) is 2.80. The van der Waals surface area contributed by atoms with Crippen molar-refractivity contribution in [2.45, 2.75) is 0 Å². The predicted molar refractivity (Wildman–Crippen MR) is 57.4 cm³/mol. The van der Waals surface area contributed by atoms with Gasteiger partial charge in [-0.2, -0.15) is 26.3 Å². The number of nitriles is 5. The zero-order valence-electron chi connectivity index (χ0n) is 9.76. The molecule has 0 atom stereocenters. The summed E-state index contributed by atoms with van der Waals surface area (Å²) in [5.41, 5.74) is 6.29. The maximum atomic E-state index is 8.92. The maximum Gasteiger partial charge on any atom is 1.00 e. The molecular formula is C11H2N7Na. The number of nitrogens with zero attached hydrogens (tertiary/aromatic N) is 6. The van der Waals surface area contributed by atoms with Crippen molar-refractivity contribution in [3.05, 3.63) is 28.2 Å². The van der Waals surface area contributed by atoms with Gasteiger partial charge in [-0.1, -0.05) is 0 Å². The molecule has 0 radical (unpaired) electrons. The van der Waals surface area contributed by atoms with Gasteiger partial charge in [-0.3, -0.25) is 0 Å². The molecule has 0 unspecified atom stereocenters. The minimum Gasteiger partial charge on any atom is -0.481 e. The molecule has 7 nitrogen and oxygen atoms in total. The summed E-state index contributed by atoms with van der Waals surface area (Å²) >= 11 is 0. The summed E-state index contributed by atoms with van der Waals surface area (Å²) in [4.78, 5) is 3.60. The molecule has 0 bridgehead atoms. The molecule has 82 valence electrons. The molecule has 0 aromatic carbocycles. The van der Waals surface area contributed by atoms with Crippen LogP contribution < -0.4 is 29.6 Å². The Morgan fingerprint density at radius 1 is 1.00 bits per heavy atom. The van der Waals surface area contributed by atoms with E-state index in [4.69, 9.17) is 32.0 Å². The summed E-state index contributed by atoms with van der Waals surface area (Å²) in [6.45, 7) is 0. The molecule has 0 fully saturated rings. The van der Waals surface area contributed by atoms with Crippen LogP contribution in [0.25, 0.3) is 5.73 Å². The Morgan fingerprint density at radius 2 is 1.53 bits per heavy atom. The fraction of sp³-hybridized carbons (Fsp3) is 0.0909. The SMILES string of the molecule is N#CC1=C(C#N)/C(=C(\C#N)C(C#N)C#N)N=C1[NH-].[Na+]. The van der Waals surface area contributed by atoms with Gasteiger partial charge in [0.15, 0.2) is 5.92 Å². The number of aliphatic imine (C=N–C) groups is 1. The molecule has 0 aromatic heterocycles. The summed E-state index contributed by atoms with van der Waals surface area (Å²) < 4.78 is 0. The predicted octanol–water partition coefficient (Wildman–Crippen LogP) is -1.76. The molecule has 1 heterocycles. The molecule has 1 rings (SSSR count). The van der Waals surface area contributed by atoms with E-state index < -0.39 is 11.8 Å². The summed E-state index contributed by atoms with van der Waals surface area (Å²) in [7, 11) is 0. The first-order valence-corrected chi connectivity index (χ1v) is 4.43. The van der Waals surface area contributed by atoms with E-state index in [1.54, 1.807) is 30.3 Å². The van der Waals surface area contributed by atoms with Gasteiger partial charge in [-0.05, 0) is 11.5 Å². The van der Waals surface area contributed by atoms with Gasteiger partial charge in [-0.15, -0.1) is 0 Å². The van der Waals surface area contributed by atoms with Crippen molar-refractivity contribution in [1.29, 1.82) is 26.3 Å². The van der Waals surface area contributed by atoms with Crippen molar-refractivity contribution in [2.24, 2.45) is 10.9 Å². The zero-order chi connectivity index (χ0) is 13.7. The first-order chi connectivity index (χ1) is 8.64. The van der Waals surface area contributed by atoms with E-state index >= 15 is 0 Å². The number of nitrogens with one attached hydrogen (secondary N) is 1. The van der Waals surface area contributed by atoms with Crippen LogP contribution in [0, 0.1) is 62.6 Å². The molecule has 1 aliphatic rings. The van der Waals surface area contributed by atoms with Gasteiger partial charge in [-0.25, -0.2) is 0 Å². The third-order valence-electron chi connectivity index (χ3n) is 2.09. The van der Waals surface area contributed by atoms with E-state index in [0.29, 0.717) is 0 Å². The molecule has 0 aromatic rings. The molecule has 0 aliphatic carbocycles. The van der Waals surface area contributed by atoms with Crippen LogP contribution in [-0.4, -0.2) is 5.84 Å². The fourth-order valence-corrected chi connectivity index (χ4v) is 1.29. The second-order valence-corrected chi connectivity index (χ2v) is 3.00. The van der Waals surface area contributed by atoms with Gasteiger partial charge in [0.05, 0.1) is 34.9 Å². The van der Waals surface area contributed by atoms with Gasteiger partial charge in [0.2, 0.25) is 0 Å². The second-order valence-electron chi connectivity index (χ2n) is 3.00. The van der Waals surface area contributed by atoms with Crippen LogP contribution in [0.2, 0.25) is 0 Å². The number of amidine groups is 1. The fourth-order valence-electron chi connectivity index (χ4n) is 1.29. The van der Waals surface area contributed by atoms with Crippen LogP contribution in [0.3, 0.4) is 0 Å². The zero-order valence-corrected chi connectivity index (χ0v) is 11.8. The largest absolute Gasteiger partial charge is 1.00 e. The minimum atomic E-state index is -1.39. The quantitative estimate of drug-likeness (QED) is 0.400. The van der Waals surface area contributed by atoms with E-state index in [1.807, 2.05) is 0 Å². The van der Waals surface area contributed by atoms with Gasteiger partial charge in [0.1, 0.15) is 12.1 Å². The van der Waals surface area contributed by atoms with E-state index in [1.165, 1.54) is 0 Å². The maximum absolute atomic E-state index is 8.92. The van der Waals surface area contributed by atoms with E-state index in [-0.39, 0.29) is 52.0 Å². The molecule has 0 saturated carbocycles. The first kappa shape index (κ1) is 16.4. The van der Waals surface area contributed by atoms with Gasteiger partial charge < -0.3 is 10.7 Å². The summed E-state index contributed by atoms with van der Waals surface area (Å²) in [6.07, 6.45) is 0. The third-order valence-corrected chi connectivity index (χ3v) is 2.09. The van der Waals surface area contributed by atoms with Crippen LogP contribution in [0.1, 0.15) is 0 Å². The molecule has 1 N–H and O–H groups in total. The van der Waals surface area contributed by atoms with Crippen molar-refractivity contribution in [3.63, 3.8) is 0 Å². The van der Waals surface area contributed by atoms with Crippen LogP contribution in [-0.2, 0) is 0 Å². The summed E-state index contributed by atoms with van der Waals surface area (Å²) in [5, 5.41) is 44.0. The molecule has 1 aliphatic heterocycles. The number of allylic oxidation sites excluding steroid dienone is 2. The van der Waals surface area contributed by atoms with Crippen LogP contribution in [0.15, 0.2) is 27.4 Å². The normalized spacial score (nSPS) is 15.1. The Hall–Kier alpha value is -2.60. The van der Waals surface area contributed by atoms with Gasteiger partial charge in [0.25, 0.3) is 0 Å². The van der Waals surface area contributed by atoms with E-state index in [2.05, 4.69) is 4.99 Å². The Labute approximate surface area is 131 Å². The molecule has 0 spiro atoms. The Morgan fingerprint density at radius 3 is 1.89 bits per heavy atom. The Kier molecular flexibility index (Phi) is 6.02. The van der Waals surface area contributed by atoms with E-state index in [9.17, 15) is 0 Å². The van der Waals surface area contributed by atoms with Gasteiger partial charge in [0, 0.05) is 0 Å². The van der Waals surface area contributed by atoms with Crippen LogP contribution in [0.4, 0.5) is 0 Å². The number of hydrogen-bond acceptors (Lipinski definition) is 6. The molecule has 8 heteroatoms. The van der Waals surface area contributed by atoms with Crippen molar-refractivity contribution < 1.29 is 29.6 Å². The topological polar surface area (TPSA) is 155 Å². The van der Waals surface area contributed by atoms with Crippen molar-refractivity contribution >= 4 is 5.84 Å².